The first-order valence-corrected chi connectivity index (χ1v) is 4.67. The minimum atomic E-state index is -0.00552. The smallest absolute Gasteiger partial charge is 0.217 e. The normalized spacial score (nSPS) is 10.8. The molecule has 3 heteroatoms. The van der Waals surface area contributed by atoms with E-state index in [1.807, 2.05) is 19.1 Å². The molecule has 0 unspecified atom stereocenters. The second-order valence-electron chi connectivity index (χ2n) is 3.39. The maximum atomic E-state index is 10.6. The molecule has 0 aliphatic carbocycles. The van der Waals surface area contributed by atoms with Gasteiger partial charge < -0.3 is 10.3 Å². The van der Waals surface area contributed by atoms with Crippen LogP contribution in [0.15, 0.2) is 12.1 Å². The van der Waals surface area contributed by atoms with Crippen LogP contribution in [-0.4, -0.2) is 17.4 Å². The Kier molecular flexibility index (Phi) is 3.51. The standard InChI is InChI=1S/C11H16N2O/c1-8-7-9(2)13-11(8)5-4-6-12-10(3)14/h4-5,7,13H,6H2,1-3H3,(H,12,14). The fourth-order valence-corrected chi connectivity index (χ4v) is 1.30. The Morgan fingerprint density at radius 3 is 2.79 bits per heavy atom. The van der Waals surface area contributed by atoms with E-state index in [9.17, 15) is 4.79 Å². The van der Waals surface area contributed by atoms with Gasteiger partial charge in [-0.3, -0.25) is 4.79 Å². The number of amides is 1. The highest BCUT2D eigenvalue weighted by Crippen LogP contribution is 2.09. The van der Waals surface area contributed by atoms with Crippen molar-refractivity contribution in [2.24, 2.45) is 0 Å². The number of hydrogen-bond acceptors (Lipinski definition) is 1. The van der Waals surface area contributed by atoms with Crippen LogP contribution in [-0.2, 0) is 4.79 Å². The van der Waals surface area contributed by atoms with Crippen molar-refractivity contribution in [3.8, 4) is 0 Å². The maximum absolute atomic E-state index is 10.6. The molecule has 1 heterocycles. The zero-order valence-corrected chi connectivity index (χ0v) is 8.85. The molecule has 0 saturated carbocycles. The topological polar surface area (TPSA) is 44.9 Å². The first-order valence-electron chi connectivity index (χ1n) is 4.67. The van der Waals surface area contributed by atoms with E-state index in [-0.39, 0.29) is 5.91 Å². The van der Waals surface area contributed by atoms with Gasteiger partial charge in [-0.1, -0.05) is 6.08 Å². The molecule has 0 fully saturated rings. The molecule has 0 bridgehead atoms. The van der Waals surface area contributed by atoms with Crippen molar-refractivity contribution in [1.29, 1.82) is 0 Å². The minimum absolute atomic E-state index is 0.00552. The fourth-order valence-electron chi connectivity index (χ4n) is 1.30. The first-order chi connectivity index (χ1) is 6.59. The Balaban J connectivity index is 2.51. The second-order valence-corrected chi connectivity index (χ2v) is 3.39. The summed E-state index contributed by atoms with van der Waals surface area (Å²) in [5.74, 6) is -0.00552. The lowest BCUT2D eigenvalue weighted by Gasteiger charge is -1.94. The van der Waals surface area contributed by atoms with Crippen LogP contribution < -0.4 is 5.32 Å². The van der Waals surface area contributed by atoms with Gasteiger partial charge in [-0.25, -0.2) is 0 Å². The Bertz CT molecular complexity index is 350. The van der Waals surface area contributed by atoms with Gasteiger partial charge in [0, 0.05) is 24.9 Å². The third-order valence-electron chi connectivity index (χ3n) is 1.94. The van der Waals surface area contributed by atoms with Gasteiger partial charge in [0.15, 0.2) is 0 Å². The van der Waals surface area contributed by atoms with Crippen molar-refractivity contribution < 1.29 is 4.79 Å². The Morgan fingerprint density at radius 1 is 1.57 bits per heavy atom. The molecule has 76 valence electrons. The van der Waals surface area contributed by atoms with Gasteiger partial charge >= 0.3 is 0 Å². The van der Waals surface area contributed by atoms with E-state index in [2.05, 4.69) is 23.3 Å². The van der Waals surface area contributed by atoms with E-state index < -0.39 is 0 Å². The number of hydrogen-bond donors (Lipinski definition) is 2. The molecule has 1 rings (SSSR count). The lowest BCUT2D eigenvalue weighted by Crippen LogP contribution is -2.19. The number of H-pyrrole nitrogens is 1. The average Bonchev–Trinajstić information content (AvgIpc) is 2.39. The van der Waals surface area contributed by atoms with E-state index in [1.165, 1.54) is 12.5 Å². The van der Waals surface area contributed by atoms with Gasteiger partial charge in [-0.15, -0.1) is 0 Å². The van der Waals surface area contributed by atoms with E-state index in [1.54, 1.807) is 0 Å². The number of aryl methyl sites for hydroxylation is 2. The van der Waals surface area contributed by atoms with E-state index in [0.717, 1.165) is 11.4 Å². The lowest BCUT2D eigenvalue weighted by molar-refractivity contribution is -0.118. The summed E-state index contributed by atoms with van der Waals surface area (Å²) >= 11 is 0. The van der Waals surface area contributed by atoms with Gasteiger partial charge in [0.2, 0.25) is 5.91 Å². The van der Waals surface area contributed by atoms with Crippen LogP contribution in [0.5, 0.6) is 0 Å². The molecule has 0 atom stereocenters. The van der Waals surface area contributed by atoms with E-state index in [0.29, 0.717) is 6.54 Å². The molecule has 1 amide bonds. The molecule has 3 nitrogen and oxygen atoms in total. The molecule has 1 aromatic heterocycles. The summed E-state index contributed by atoms with van der Waals surface area (Å²) in [5, 5.41) is 2.70. The van der Waals surface area contributed by atoms with Crippen molar-refractivity contribution in [3.63, 3.8) is 0 Å². The minimum Gasteiger partial charge on any atom is -0.359 e. The molecule has 14 heavy (non-hydrogen) atoms. The molecule has 1 aromatic rings. The predicted molar refractivity (Wildman–Crippen MR) is 58.0 cm³/mol. The second kappa shape index (κ2) is 4.65. The highest BCUT2D eigenvalue weighted by atomic mass is 16.1. The third kappa shape index (κ3) is 3.09. The van der Waals surface area contributed by atoms with Crippen LogP contribution in [0.3, 0.4) is 0 Å². The van der Waals surface area contributed by atoms with E-state index in [4.69, 9.17) is 0 Å². The summed E-state index contributed by atoms with van der Waals surface area (Å²) in [5.41, 5.74) is 3.48. The quantitative estimate of drug-likeness (QED) is 0.753. The van der Waals surface area contributed by atoms with Crippen molar-refractivity contribution in [3.05, 3.63) is 29.1 Å². The Morgan fingerprint density at radius 2 is 2.29 bits per heavy atom. The molecule has 0 saturated heterocycles. The number of rotatable bonds is 3. The number of carbonyl (C=O) groups excluding carboxylic acids is 1. The van der Waals surface area contributed by atoms with Gasteiger partial charge in [0.25, 0.3) is 0 Å². The summed E-state index contributed by atoms with van der Waals surface area (Å²) in [4.78, 5) is 13.8. The third-order valence-corrected chi connectivity index (χ3v) is 1.94. The summed E-state index contributed by atoms with van der Waals surface area (Å²) in [6.07, 6.45) is 3.91. The molecule has 0 spiro atoms. The molecule has 0 aliphatic heterocycles. The first kappa shape index (κ1) is 10.6. The average molecular weight is 192 g/mol. The van der Waals surface area contributed by atoms with Crippen LogP contribution >= 0.6 is 0 Å². The van der Waals surface area contributed by atoms with Crippen LogP contribution in [0.1, 0.15) is 23.9 Å². The number of carbonyl (C=O) groups is 1. The van der Waals surface area contributed by atoms with Crippen molar-refractivity contribution >= 4 is 12.0 Å². The van der Waals surface area contributed by atoms with E-state index >= 15 is 0 Å². The largest absolute Gasteiger partial charge is 0.359 e. The Labute approximate surface area is 84.2 Å². The molecule has 0 aliphatic rings. The monoisotopic (exact) mass is 192 g/mol. The fraction of sp³-hybridized carbons (Fsp3) is 0.364. The molecule has 0 aromatic carbocycles. The Hall–Kier alpha value is -1.51. The zero-order chi connectivity index (χ0) is 10.6. The lowest BCUT2D eigenvalue weighted by atomic mass is 10.2. The number of aromatic nitrogens is 1. The predicted octanol–water partition coefficient (Wildman–Crippen LogP) is 1.78. The van der Waals surface area contributed by atoms with Crippen molar-refractivity contribution in [1.82, 2.24) is 10.3 Å². The molecule has 2 N–H and O–H groups in total. The highest BCUT2D eigenvalue weighted by Gasteiger charge is 1.96. The summed E-state index contributed by atoms with van der Waals surface area (Å²) < 4.78 is 0. The van der Waals surface area contributed by atoms with Gasteiger partial charge in [-0.05, 0) is 31.6 Å². The SMILES string of the molecule is CC(=O)NCC=Cc1[nH]c(C)cc1C. The zero-order valence-electron chi connectivity index (χ0n) is 8.85. The van der Waals surface area contributed by atoms with Crippen LogP contribution in [0.25, 0.3) is 6.08 Å². The van der Waals surface area contributed by atoms with Crippen LogP contribution in [0.2, 0.25) is 0 Å². The molecular weight excluding hydrogens is 176 g/mol. The number of aromatic amines is 1. The summed E-state index contributed by atoms with van der Waals surface area (Å²) in [7, 11) is 0. The van der Waals surface area contributed by atoms with Crippen molar-refractivity contribution in [2.45, 2.75) is 20.8 Å². The maximum Gasteiger partial charge on any atom is 0.217 e. The van der Waals surface area contributed by atoms with Gasteiger partial charge in [0.05, 0.1) is 0 Å². The van der Waals surface area contributed by atoms with Crippen molar-refractivity contribution in [2.75, 3.05) is 6.54 Å². The highest BCUT2D eigenvalue weighted by molar-refractivity contribution is 5.73. The summed E-state index contributed by atoms with van der Waals surface area (Å²) in [6.45, 7) is 6.17. The summed E-state index contributed by atoms with van der Waals surface area (Å²) in [6, 6.07) is 2.10. The molecular formula is C11H16N2O. The van der Waals surface area contributed by atoms with Crippen LogP contribution in [0, 0.1) is 13.8 Å². The molecule has 0 radical (unpaired) electrons. The number of nitrogens with one attached hydrogen (secondary N) is 2. The van der Waals surface area contributed by atoms with Gasteiger partial charge in [-0.2, -0.15) is 0 Å². The van der Waals surface area contributed by atoms with Crippen LogP contribution in [0.4, 0.5) is 0 Å². The van der Waals surface area contributed by atoms with Gasteiger partial charge in [0.1, 0.15) is 0 Å².